The summed E-state index contributed by atoms with van der Waals surface area (Å²) >= 11 is 0. The fourth-order valence-electron chi connectivity index (χ4n) is 7.08. The third-order valence-corrected chi connectivity index (χ3v) is 9.26. The molecule has 1 aliphatic rings. The Kier molecular flexibility index (Phi) is 7.54. The molecule has 0 saturated heterocycles. The summed E-state index contributed by atoms with van der Waals surface area (Å²) in [6.45, 7) is 0. The summed E-state index contributed by atoms with van der Waals surface area (Å²) in [5.74, 6) is 1.45. The van der Waals surface area contributed by atoms with Crippen LogP contribution in [0.15, 0.2) is 162 Å². The Hall–Kier alpha value is -7.73. The molecule has 7 aromatic heterocycles. The molecule has 0 spiro atoms. The monoisotopic (exact) mass is 701 g/mol. The summed E-state index contributed by atoms with van der Waals surface area (Å²) in [7, 11) is 0. The van der Waals surface area contributed by atoms with Crippen molar-refractivity contribution >= 4 is 28.1 Å². The molecule has 9 aromatic rings. The Bertz CT molecular complexity index is 2760. The number of fused-ring (bicyclic) bond motifs is 2. The molecule has 1 N–H and O–H groups in total. The number of H-pyrrole nitrogens is 1. The zero-order valence-electron chi connectivity index (χ0n) is 28.4. The first-order valence-electron chi connectivity index (χ1n) is 17.2. The molecule has 10 rings (SSSR count). The number of hydrogen-bond acceptors (Lipinski definition) is 11. The van der Waals surface area contributed by atoms with Crippen molar-refractivity contribution in [3.8, 4) is 45.4 Å². The number of aromatic nitrogens is 9. The molecule has 256 valence electrons. The predicted octanol–water partition coefficient (Wildman–Crippen LogP) is 8.28. The Morgan fingerprint density at radius 1 is 0.593 bits per heavy atom. The van der Waals surface area contributed by atoms with Crippen molar-refractivity contribution in [3.63, 3.8) is 0 Å². The first-order valence-corrected chi connectivity index (χ1v) is 17.2. The molecule has 0 fully saturated rings. The van der Waals surface area contributed by atoms with E-state index in [1.54, 1.807) is 61.9 Å². The Labute approximate surface area is 308 Å². The zero-order chi connectivity index (χ0) is 35.8. The smallest absolute Gasteiger partial charge is 0.228 e. The maximum Gasteiger partial charge on any atom is 0.228 e. The van der Waals surface area contributed by atoms with Crippen LogP contribution in [0.2, 0.25) is 0 Å². The van der Waals surface area contributed by atoms with Gasteiger partial charge in [0.2, 0.25) is 5.89 Å². The van der Waals surface area contributed by atoms with Gasteiger partial charge in [0.25, 0.3) is 0 Å². The van der Waals surface area contributed by atoms with Gasteiger partial charge >= 0.3 is 0 Å². The number of anilines is 2. The lowest BCUT2D eigenvalue weighted by Gasteiger charge is -2.39. The maximum absolute atomic E-state index is 6.28. The van der Waals surface area contributed by atoms with Crippen LogP contribution in [0.1, 0.15) is 23.1 Å². The van der Waals surface area contributed by atoms with Gasteiger partial charge in [-0.25, -0.2) is 24.9 Å². The average Bonchev–Trinajstić information content (AvgIpc) is 3.99. The van der Waals surface area contributed by atoms with Crippen molar-refractivity contribution in [2.75, 3.05) is 4.90 Å². The number of nitrogens with one attached hydrogen (secondary N) is 1. The predicted molar refractivity (Wildman–Crippen MR) is 205 cm³/mol. The van der Waals surface area contributed by atoms with Crippen molar-refractivity contribution in [2.45, 2.75) is 6.17 Å². The highest BCUT2D eigenvalue weighted by Gasteiger charge is 2.42. The second kappa shape index (κ2) is 13.1. The number of benzene rings is 2. The number of oxazole rings is 1. The number of hydrogen-bond donors (Lipinski definition) is 1. The van der Waals surface area contributed by atoms with Crippen LogP contribution in [0, 0.1) is 0 Å². The molecule has 1 unspecified atom stereocenters. The number of rotatable bonds is 7. The lowest BCUT2D eigenvalue weighted by atomic mass is 9.81. The van der Waals surface area contributed by atoms with Gasteiger partial charge in [0, 0.05) is 76.7 Å². The Morgan fingerprint density at radius 2 is 1.43 bits per heavy atom. The third kappa shape index (κ3) is 5.20. The summed E-state index contributed by atoms with van der Waals surface area (Å²) in [6.07, 6.45) is 16.4. The summed E-state index contributed by atoms with van der Waals surface area (Å²) < 4.78 is 6.28. The van der Waals surface area contributed by atoms with Crippen molar-refractivity contribution in [1.29, 1.82) is 0 Å². The minimum absolute atomic E-state index is 0.367. The standard InChI is InChI=1S/C42H27N11O/c1-2-10-27-26(9-1)14-15-30(51-27)41-52-38(31-25-43-21-22-46-31)36-35(40-48-19-8-20-49-40)33(29-12-7-18-45-29)34(28-11-3-5-16-44-28)37(42-50-23-24-54-42)39(36)53(41)32-13-4-6-17-47-32/h1-25,41,45H. The highest BCUT2D eigenvalue weighted by Crippen LogP contribution is 2.56. The minimum Gasteiger partial charge on any atom is -0.444 e. The Morgan fingerprint density at radius 3 is 2.19 bits per heavy atom. The van der Waals surface area contributed by atoms with E-state index in [4.69, 9.17) is 44.3 Å². The molecule has 0 radical (unpaired) electrons. The number of aromatic amines is 1. The second-order valence-corrected chi connectivity index (χ2v) is 12.4. The van der Waals surface area contributed by atoms with Crippen LogP contribution in [-0.2, 0) is 0 Å². The van der Waals surface area contributed by atoms with Gasteiger partial charge in [0.15, 0.2) is 12.0 Å². The van der Waals surface area contributed by atoms with E-state index in [1.807, 2.05) is 85.1 Å². The molecule has 0 bridgehead atoms. The first-order chi connectivity index (χ1) is 26.8. The van der Waals surface area contributed by atoms with E-state index in [0.717, 1.165) is 27.7 Å². The van der Waals surface area contributed by atoms with Gasteiger partial charge in [-0.05, 0) is 54.6 Å². The highest BCUT2D eigenvalue weighted by atomic mass is 16.3. The fraction of sp³-hybridized carbons (Fsp3) is 0.0238. The molecule has 0 saturated carbocycles. The van der Waals surface area contributed by atoms with Crippen LogP contribution in [-0.4, -0.2) is 50.6 Å². The molecule has 2 aromatic carbocycles. The van der Waals surface area contributed by atoms with Gasteiger partial charge in [0.1, 0.15) is 17.8 Å². The topological polar surface area (TPSA) is 148 Å². The van der Waals surface area contributed by atoms with Crippen LogP contribution < -0.4 is 4.90 Å². The van der Waals surface area contributed by atoms with Gasteiger partial charge in [-0.1, -0.05) is 36.4 Å². The lowest BCUT2D eigenvalue weighted by Crippen LogP contribution is -2.33. The molecular formula is C42H27N11O. The molecule has 0 aliphatic carbocycles. The van der Waals surface area contributed by atoms with Crippen molar-refractivity contribution in [1.82, 2.24) is 44.9 Å². The largest absolute Gasteiger partial charge is 0.444 e. The number of nitrogens with zero attached hydrogens (tertiary/aromatic N) is 10. The highest BCUT2D eigenvalue weighted by molar-refractivity contribution is 6.25. The molecular weight excluding hydrogens is 675 g/mol. The van der Waals surface area contributed by atoms with Gasteiger partial charge in [-0.3, -0.25) is 24.8 Å². The molecule has 0 amide bonds. The summed E-state index contributed by atoms with van der Waals surface area (Å²) in [4.78, 5) is 50.1. The Balaban J connectivity index is 1.45. The van der Waals surface area contributed by atoms with Crippen LogP contribution in [0.5, 0.6) is 0 Å². The van der Waals surface area contributed by atoms with Gasteiger partial charge in [-0.15, -0.1) is 0 Å². The van der Waals surface area contributed by atoms with Crippen LogP contribution in [0.25, 0.3) is 56.3 Å². The zero-order valence-corrected chi connectivity index (χ0v) is 28.4. The lowest BCUT2D eigenvalue weighted by molar-refractivity contribution is 0.574. The summed E-state index contributed by atoms with van der Waals surface area (Å²) in [6, 6.07) is 29.5. The van der Waals surface area contributed by atoms with E-state index in [1.165, 1.54) is 0 Å². The second-order valence-electron chi connectivity index (χ2n) is 12.4. The van der Waals surface area contributed by atoms with Crippen LogP contribution in [0.4, 0.5) is 11.5 Å². The first kappa shape index (κ1) is 31.0. The van der Waals surface area contributed by atoms with Gasteiger partial charge in [0.05, 0.1) is 46.3 Å². The van der Waals surface area contributed by atoms with E-state index in [9.17, 15) is 0 Å². The molecule has 8 heterocycles. The van der Waals surface area contributed by atoms with Crippen molar-refractivity contribution in [3.05, 3.63) is 170 Å². The van der Waals surface area contributed by atoms with Gasteiger partial charge < -0.3 is 9.40 Å². The SMILES string of the molecule is c1ccc(-c2c(-c3ccc[nH]3)c(-c3ncccn3)c3c(c2-c2ncco2)N(c2ccccn2)C(c2ccc4ccccc4n2)N=C3c2cnccn2)nc1. The minimum atomic E-state index is -0.736. The van der Waals surface area contributed by atoms with E-state index in [-0.39, 0.29) is 0 Å². The quantitative estimate of drug-likeness (QED) is 0.172. The normalized spacial score (nSPS) is 13.8. The van der Waals surface area contributed by atoms with Crippen molar-refractivity contribution < 1.29 is 4.42 Å². The fourth-order valence-corrected chi connectivity index (χ4v) is 7.08. The van der Waals surface area contributed by atoms with Crippen molar-refractivity contribution in [2.24, 2.45) is 4.99 Å². The number of pyridine rings is 3. The van der Waals surface area contributed by atoms with E-state index in [2.05, 4.69) is 20.9 Å². The maximum atomic E-state index is 6.28. The van der Waals surface area contributed by atoms with Crippen LogP contribution >= 0.6 is 0 Å². The number of para-hydroxylation sites is 1. The van der Waals surface area contributed by atoms with E-state index >= 15 is 0 Å². The molecule has 12 heteroatoms. The molecule has 1 aliphatic heterocycles. The van der Waals surface area contributed by atoms with E-state index in [0.29, 0.717) is 62.7 Å². The third-order valence-electron chi connectivity index (χ3n) is 9.26. The number of aliphatic imine (C=N–C) groups is 1. The molecule has 12 nitrogen and oxygen atoms in total. The summed E-state index contributed by atoms with van der Waals surface area (Å²) in [5.41, 5.74) is 8.34. The molecule has 54 heavy (non-hydrogen) atoms. The summed E-state index contributed by atoms with van der Waals surface area (Å²) in [5, 5.41) is 1.01. The van der Waals surface area contributed by atoms with Crippen LogP contribution in [0.3, 0.4) is 0 Å². The van der Waals surface area contributed by atoms with Gasteiger partial charge in [-0.2, -0.15) is 0 Å². The molecule has 1 atom stereocenters. The average molecular weight is 702 g/mol. The van der Waals surface area contributed by atoms with E-state index < -0.39 is 6.17 Å².